The molecule has 0 amide bonds. The van der Waals surface area contributed by atoms with Gasteiger partial charge in [-0.25, -0.2) is 8.42 Å². The Labute approximate surface area is 136 Å². The number of rotatable bonds is 2. The third-order valence-corrected chi connectivity index (χ3v) is 6.99. The van der Waals surface area contributed by atoms with E-state index in [-0.39, 0.29) is 6.04 Å². The number of hydrogen-bond acceptors (Lipinski definition) is 4. The van der Waals surface area contributed by atoms with Crippen molar-refractivity contribution < 1.29 is 8.42 Å². The molecule has 1 aromatic heterocycles. The zero-order chi connectivity index (χ0) is 16.2. The predicted octanol–water partition coefficient (Wildman–Crippen LogP) is 1.46. The number of nitrogens with zero attached hydrogens (tertiary/aromatic N) is 3. The van der Waals surface area contributed by atoms with Crippen LogP contribution in [0.25, 0.3) is 0 Å². The highest BCUT2D eigenvalue weighted by molar-refractivity contribution is 7.89. The van der Waals surface area contributed by atoms with Crippen LogP contribution in [0.1, 0.15) is 17.0 Å². The van der Waals surface area contributed by atoms with Crippen LogP contribution in [0.3, 0.4) is 0 Å². The number of piperazine rings is 1. The zero-order valence-corrected chi connectivity index (χ0v) is 14.1. The summed E-state index contributed by atoms with van der Waals surface area (Å²) in [5, 5.41) is 6.81. The fourth-order valence-electron chi connectivity index (χ4n) is 3.80. The quantitative estimate of drug-likeness (QED) is 0.904. The number of aryl methyl sites for hydroxylation is 2. The average Bonchev–Trinajstić information content (AvgIpc) is 3.06. The molecule has 7 heteroatoms. The highest BCUT2D eigenvalue weighted by atomic mass is 32.2. The number of hydrogen-bond donors (Lipinski definition) is 1. The number of nitrogens with one attached hydrogen (secondary N) is 1. The molecular formula is C16H20N4O2S. The third kappa shape index (κ3) is 2.18. The van der Waals surface area contributed by atoms with Crippen molar-refractivity contribution in [3.8, 4) is 0 Å². The molecule has 0 spiro atoms. The first kappa shape index (κ1) is 14.7. The van der Waals surface area contributed by atoms with Crippen molar-refractivity contribution in [1.82, 2.24) is 14.5 Å². The van der Waals surface area contributed by atoms with Crippen LogP contribution >= 0.6 is 0 Å². The van der Waals surface area contributed by atoms with Gasteiger partial charge in [-0.05, 0) is 31.9 Å². The number of anilines is 1. The summed E-state index contributed by atoms with van der Waals surface area (Å²) in [4.78, 5) is 2.68. The van der Waals surface area contributed by atoms with Gasteiger partial charge < -0.3 is 4.90 Å². The smallest absolute Gasteiger partial charge is 0.246 e. The second-order valence-electron chi connectivity index (χ2n) is 6.31. The van der Waals surface area contributed by atoms with Crippen molar-refractivity contribution in [2.75, 3.05) is 24.5 Å². The number of sulfonamides is 1. The summed E-state index contributed by atoms with van der Waals surface area (Å²) in [5.74, 6) is 0. The van der Waals surface area contributed by atoms with E-state index < -0.39 is 10.0 Å². The van der Waals surface area contributed by atoms with Gasteiger partial charge in [0.15, 0.2) is 0 Å². The summed E-state index contributed by atoms with van der Waals surface area (Å²) in [6.07, 6.45) is 0.908. The summed E-state index contributed by atoms with van der Waals surface area (Å²) in [7, 11) is -3.49. The van der Waals surface area contributed by atoms with E-state index in [9.17, 15) is 8.42 Å². The summed E-state index contributed by atoms with van der Waals surface area (Å²) < 4.78 is 27.6. The number of benzene rings is 1. The van der Waals surface area contributed by atoms with Gasteiger partial charge in [-0.2, -0.15) is 9.40 Å². The van der Waals surface area contributed by atoms with Gasteiger partial charge in [-0.15, -0.1) is 0 Å². The van der Waals surface area contributed by atoms with E-state index in [0.717, 1.165) is 13.0 Å². The molecule has 0 saturated carbocycles. The molecule has 2 aliphatic heterocycles. The molecule has 1 fully saturated rings. The van der Waals surface area contributed by atoms with Gasteiger partial charge in [0.25, 0.3) is 0 Å². The van der Waals surface area contributed by atoms with Gasteiger partial charge in [0.1, 0.15) is 4.90 Å². The third-order valence-electron chi connectivity index (χ3n) is 4.86. The normalized spacial score (nSPS) is 21.3. The summed E-state index contributed by atoms with van der Waals surface area (Å²) in [6.45, 7) is 5.27. The Bertz CT molecular complexity index is 839. The Morgan fingerprint density at radius 2 is 2.00 bits per heavy atom. The molecule has 0 bridgehead atoms. The fourth-order valence-corrected chi connectivity index (χ4v) is 5.60. The maximum absolute atomic E-state index is 13.0. The van der Waals surface area contributed by atoms with E-state index in [1.807, 2.05) is 12.1 Å². The van der Waals surface area contributed by atoms with Crippen LogP contribution in [0.5, 0.6) is 0 Å². The van der Waals surface area contributed by atoms with Crippen molar-refractivity contribution >= 4 is 15.7 Å². The summed E-state index contributed by atoms with van der Waals surface area (Å²) >= 11 is 0. The fraction of sp³-hybridized carbons (Fsp3) is 0.438. The second kappa shape index (κ2) is 5.07. The van der Waals surface area contributed by atoms with Crippen LogP contribution < -0.4 is 4.90 Å². The largest absolute Gasteiger partial charge is 0.365 e. The number of aromatic amines is 1. The summed E-state index contributed by atoms with van der Waals surface area (Å²) in [5.41, 5.74) is 3.72. The molecule has 1 aromatic carbocycles. The second-order valence-corrected chi connectivity index (χ2v) is 8.18. The molecule has 6 nitrogen and oxygen atoms in total. The van der Waals surface area contributed by atoms with Crippen molar-refractivity contribution in [3.05, 3.63) is 41.2 Å². The lowest BCUT2D eigenvalue weighted by atomic mass is 10.1. The Balaban J connectivity index is 1.63. The maximum Gasteiger partial charge on any atom is 0.246 e. The van der Waals surface area contributed by atoms with E-state index in [2.05, 4.69) is 27.2 Å². The molecule has 2 aliphatic rings. The minimum Gasteiger partial charge on any atom is -0.365 e. The molecule has 4 rings (SSSR count). The minimum atomic E-state index is -3.49. The molecule has 3 heterocycles. The molecule has 1 unspecified atom stereocenters. The van der Waals surface area contributed by atoms with Crippen molar-refractivity contribution in [3.63, 3.8) is 0 Å². The molecule has 23 heavy (non-hydrogen) atoms. The average molecular weight is 332 g/mol. The monoisotopic (exact) mass is 332 g/mol. The lowest BCUT2D eigenvalue weighted by Gasteiger charge is -2.38. The molecule has 1 N–H and O–H groups in total. The van der Waals surface area contributed by atoms with Crippen LogP contribution in [0, 0.1) is 13.8 Å². The maximum atomic E-state index is 13.0. The van der Waals surface area contributed by atoms with E-state index in [0.29, 0.717) is 29.4 Å². The van der Waals surface area contributed by atoms with Crippen molar-refractivity contribution in [2.45, 2.75) is 31.2 Å². The van der Waals surface area contributed by atoms with Crippen LogP contribution in [0.2, 0.25) is 0 Å². The lowest BCUT2D eigenvalue weighted by molar-refractivity contribution is 0.339. The van der Waals surface area contributed by atoms with E-state index in [1.54, 1.807) is 18.2 Å². The first-order valence-corrected chi connectivity index (χ1v) is 9.29. The number of fused-ring (bicyclic) bond motifs is 3. The molecule has 2 aromatic rings. The zero-order valence-electron chi connectivity index (χ0n) is 13.3. The molecular weight excluding hydrogens is 312 g/mol. The Hall–Kier alpha value is -1.86. The van der Waals surface area contributed by atoms with Gasteiger partial charge in [0.2, 0.25) is 10.0 Å². The highest BCUT2D eigenvalue weighted by Crippen LogP contribution is 2.35. The SMILES string of the molecule is Cc1n[nH]c(C)c1S(=O)(=O)N1CCN2c3ccccc3CC2C1. The van der Waals surface area contributed by atoms with Gasteiger partial charge in [0.05, 0.1) is 11.4 Å². The summed E-state index contributed by atoms with van der Waals surface area (Å²) in [6, 6.07) is 8.58. The topological polar surface area (TPSA) is 69.3 Å². The Morgan fingerprint density at radius 1 is 1.22 bits per heavy atom. The molecule has 1 saturated heterocycles. The van der Waals surface area contributed by atoms with Crippen LogP contribution in [-0.4, -0.2) is 48.6 Å². The van der Waals surface area contributed by atoms with Crippen molar-refractivity contribution in [2.24, 2.45) is 0 Å². The lowest BCUT2D eigenvalue weighted by Crippen LogP contribution is -2.53. The van der Waals surface area contributed by atoms with Crippen LogP contribution in [0.15, 0.2) is 29.2 Å². The standard InChI is InChI=1S/C16H20N4O2S/c1-11-16(12(2)18-17-11)23(21,22)19-7-8-20-14(10-19)9-13-5-3-4-6-15(13)20/h3-6,14H,7-10H2,1-2H3,(H,17,18). The Morgan fingerprint density at radius 3 is 2.74 bits per heavy atom. The van der Waals surface area contributed by atoms with Gasteiger partial charge in [0, 0.05) is 31.4 Å². The Kier molecular flexibility index (Phi) is 3.24. The molecule has 1 atom stereocenters. The van der Waals surface area contributed by atoms with Crippen molar-refractivity contribution in [1.29, 1.82) is 0 Å². The van der Waals surface area contributed by atoms with E-state index >= 15 is 0 Å². The van der Waals surface area contributed by atoms with Gasteiger partial charge in [-0.3, -0.25) is 5.10 Å². The molecule has 0 radical (unpaired) electrons. The number of H-pyrrole nitrogens is 1. The number of para-hydroxylation sites is 1. The van der Waals surface area contributed by atoms with E-state index in [4.69, 9.17) is 0 Å². The molecule has 122 valence electrons. The van der Waals surface area contributed by atoms with Gasteiger partial charge >= 0.3 is 0 Å². The van der Waals surface area contributed by atoms with Crippen LogP contribution in [0.4, 0.5) is 5.69 Å². The molecule has 0 aliphatic carbocycles. The predicted molar refractivity (Wildman–Crippen MR) is 88.1 cm³/mol. The minimum absolute atomic E-state index is 0.225. The van der Waals surface area contributed by atoms with E-state index in [1.165, 1.54) is 11.3 Å². The first-order valence-electron chi connectivity index (χ1n) is 7.85. The van der Waals surface area contributed by atoms with Crippen LogP contribution in [-0.2, 0) is 16.4 Å². The number of aromatic nitrogens is 2. The van der Waals surface area contributed by atoms with Gasteiger partial charge in [-0.1, -0.05) is 18.2 Å². The highest BCUT2D eigenvalue weighted by Gasteiger charge is 2.39. The first-order chi connectivity index (χ1) is 11.0.